The Morgan fingerprint density at radius 2 is 1.75 bits per heavy atom. The number of halogens is 1. The van der Waals surface area contributed by atoms with Gasteiger partial charge in [-0.3, -0.25) is 9.36 Å². The predicted octanol–water partition coefficient (Wildman–Crippen LogP) is 6.32. The van der Waals surface area contributed by atoms with Crippen LogP contribution >= 0.6 is 27.3 Å². The molecule has 1 aliphatic heterocycles. The van der Waals surface area contributed by atoms with Crippen molar-refractivity contribution in [1.82, 2.24) is 4.57 Å². The van der Waals surface area contributed by atoms with E-state index in [0.29, 0.717) is 60.2 Å². The molecule has 0 aliphatic carbocycles. The van der Waals surface area contributed by atoms with Crippen molar-refractivity contribution >= 4 is 50.1 Å². The van der Waals surface area contributed by atoms with Gasteiger partial charge in [-0.1, -0.05) is 53.8 Å². The number of esters is 1. The first-order valence-corrected chi connectivity index (χ1v) is 16.8. The molecule has 1 aliphatic rings. The number of hydrogen-bond donors (Lipinski definition) is 0. The fourth-order valence-electron chi connectivity index (χ4n) is 5.82. The van der Waals surface area contributed by atoms with Gasteiger partial charge in [-0.15, -0.1) is 0 Å². The van der Waals surface area contributed by atoms with E-state index in [2.05, 4.69) is 39.1 Å². The molecule has 4 aromatic carbocycles. The Kier molecular flexibility index (Phi) is 9.70. The van der Waals surface area contributed by atoms with Crippen LogP contribution in [0.2, 0.25) is 0 Å². The maximum atomic E-state index is 14.2. The summed E-state index contributed by atoms with van der Waals surface area (Å²) in [4.78, 5) is 32.7. The third-order valence-electron chi connectivity index (χ3n) is 8.05. The number of carbonyl (C=O) groups excluding carboxylic acids is 1. The topological polar surface area (TPSA) is 97.6 Å². The van der Waals surface area contributed by atoms with E-state index in [0.717, 1.165) is 16.3 Å². The van der Waals surface area contributed by atoms with Gasteiger partial charge in [0.15, 0.2) is 16.3 Å². The number of ether oxygens (including phenoxy) is 5. The normalized spacial score (nSPS) is 14.4. The van der Waals surface area contributed by atoms with Crippen molar-refractivity contribution in [3.63, 3.8) is 0 Å². The third kappa shape index (κ3) is 6.23. The Morgan fingerprint density at radius 1 is 0.979 bits per heavy atom. The highest BCUT2D eigenvalue weighted by atomic mass is 79.9. The number of allylic oxidation sites excluding steroid dienone is 1. The fraction of sp³-hybridized carbons (Fsp3) is 0.216. The molecule has 0 unspecified atom stereocenters. The van der Waals surface area contributed by atoms with E-state index in [-0.39, 0.29) is 17.7 Å². The summed E-state index contributed by atoms with van der Waals surface area (Å²) < 4.78 is 31.2. The van der Waals surface area contributed by atoms with Gasteiger partial charge in [0.05, 0.1) is 48.2 Å². The highest BCUT2D eigenvalue weighted by molar-refractivity contribution is 9.10. The fourth-order valence-corrected chi connectivity index (χ4v) is 7.44. The molecule has 0 amide bonds. The number of fused-ring (bicyclic) bond motifs is 2. The Bertz CT molecular complexity index is 2250. The second kappa shape index (κ2) is 14.1. The molecule has 11 heteroatoms. The van der Waals surface area contributed by atoms with Crippen molar-refractivity contribution in [2.45, 2.75) is 26.5 Å². The molecule has 0 N–H and O–H groups in total. The average Bonchev–Trinajstić information content (AvgIpc) is 3.40. The summed E-state index contributed by atoms with van der Waals surface area (Å²) in [5.41, 5.74) is 2.70. The van der Waals surface area contributed by atoms with Crippen molar-refractivity contribution in [2.24, 2.45) is 4.99 Å². The van der Waals surface area contributed by atoms with Gasteiger partial charge in [0.25, 0.3) is 5.56 Å². The van der Waals surface area contributed by atoms with E-state index in [9.17, 15) is 9.59 Å². The molecule has 2 heterocycles. The average molecular weight is 730 g/mol. The largest absolute Gasteiger partial charge is 0.497 e. The lowest BCUT2D eigenvalue weighted by molar-refractivity contribution is -0.139. The molecule has 0 bridgehead atoms. The van der Waals surface area contributed by atoms with Gasteiger partial charge in [-0.25, -0.2) is 9.79 Å². The van der Waals surface area contributed by atoms with Crippen LogP contribution in [0.15, 0.2) is 98.3 Å². The highest BCUT2D eigenvalue weighted by Gasteiger charge is 2.35. The van der Waals surface area contributed by atoms with E-state index in [4.69, 9.17) is 23.7 Å². The van der Waals surface area contributed by atoms with E-state index in [1.54, 1.807) is 52.3 Å². The molecule has 0 spiro atoms. The van der Waals surface area contributed by atoms with Crippen LogP contribution < -0.4 is 33.8 Å². The predicted molar refractivity (Wildman–Crippen MR) is 189 cm³/mol. The number of rotatable bonds is 10. The van der Waals surface area contributed by atoms with Crippen LogP contribution in [0, 0.1) is 0 Å². The summed E-state index contributed by atoms with van der Waals surface area (Å²) in [6, 6.07) is 22.4. The smallest absolute Gasteiger partial charge is 0.338 e. The molecule has 9 nitrogen and oxygen atoms in total. The lowest BCUT2D eigenvalue weighted by Gasteiger charge is -2.26. The van der Waals surface area contributed by atoms with Gasteiger partial charge in [0.2, 0.25) is 0 Å². The van der Waals surface area contributed by atoms with Crippen molar-refractivity contribution in [2.75, 3.05) is 27.9 Å². The van der Waals surface area contributed by atoms with E-state index in [1.165, 1.54) is 23.0 Å². The Morgan fingerprint density at radius 3 is 2.50 bits per heavy atom. The molecule has 48 heavy (non-hydrogen) atoms. The first-order chi connectivity index (χ1) is 23.3. The maximum absolute atomic E-state index is 14.2. The van der Waals surface area contributed by atoms with Crippen LogP contribution in [-0.2, 0) is 16.1 Å². The lowest BCUT2D eigenvalue weighted by Crippen LogP contribution is -2.40. The molecule has 5 aromatic rings. The quantitative estimate of drug-likeness (QED) is 0.155. The Labute approximate surface area is 289 Å². The molecule has 6 rings (SSSR count). The second-order valence-corrected chi connectivity index (χ2v) is 12.7. The van der Waals surface area contributed by atoms with Gasteiger partial charge in [-0.05, 0) is 88.1 Å². The number of aromatic nitrogens is 1. The number of methoxy groups -OCH3 is 3. The molecule has 246 valence electrons. The molecule has 1 atom stereocenters. The molecule has 0 fully saturated rings. The standard InChI is InChI=1S/C37H33BrN2O7S/c1-6-46-36(42)32-21(2)39-37-40(33(32)27-19-25(43-3)14-15-29(27)44-4)35(41)31(48-37)18-22-16-28(38)34(30(17-22)45-5)47-20-24-12-9-11-23-10-7-8-13-26(23)24/h7-19,33H,6,20H2,1-5H3/t33-/m1/s1. The highest BCUT2D eigenvalue weighted by Crippen LogP contribution is 2.39. The van der Waals surface area contributed by atoms with Crippen LogP contribution in [0.3, 0.4) is 0 Å². The first-order valence-electron chi connectivity index (χ1n) is 15.2. The second-order valence-electron chi connectivity index (χ2n) is 10.9. The van der Waals surface area contributed by atoms with Gasteiger partial charge in [0.1, 0.15) is 24.1 Å². The molecule has 0 radical (unpaired) electrons. The van der Waals surface area contributed by atoms with Gasteiger partial charge in [-0.2, -0.15) is 0 Å². The summed E-state index contributed by atoms with van der Waals surface area (Å²) in [7, 11) is 4.67. The number of carbonyl (C=O) groups is 1. The summed E-state index contributed by atoms with van der Waals surface area (Å²) in [5, 5.41) is 2.26. The number of hydrogen-bond acceptors (Lipinski definition) is 9. The molecule has 1 aromatic heterocycles. The molecular formula is C37H33BrN2O7S. The minimum absolute atomic E-state index is 0.167. The number of benzene rings is 4. The zero-order valence-corrected chi connectivity index (χ0v) is 29.4. The zero-order valence-electron chi connectivity index (χ0n) is 27.0. The van der Waals surface area contributed by atoms with E-state index in [1.807, 2.05) is 36.4 Å². The zero-order chi connectivity index (χ0) is 33.9. The Hall–Kier alpha value is -4.87. The summed E-state index contributed by atoms with van der Waals surface area (Å²) in [6.07, 6.45) is 1.77. The maximum Gasteiger partial charge on any atom is 0.338 e. The molecule has 0 saturated carbocycles. The van der Waals surface area contributed by atoms with Crippen LogP contribution in [-0.4, -0.2) is 38.5 Å². The van der Waals surface area contributed by atoms with E-state index < -0.39 is 12.0 Å². The Balaban J connectivity index is 1.43. The summed E-state index contributed by atoms with van der Waals surface area (Å²) in [5.74, 6) is 1.52. The van der Waals surface area contributed by atoms with Crippen LogP contribution in [0.25, 0.3) is 16.8 Å². The number of thiazole rings is 1. The van der Waals surface area contributed by atoms with Crippen molar-refractivity contribution in [1.29, 1.82) is 0 Å². The van der Waals surface area contributed by atoms with Crippen molar-refractivity contribution in [3.05, 3.63) is 125 Å². The lowest BCUT2D eigenvalue weighted by atomic mass is 9.94. The van der Waals surface area contributed by atoms with Crippen molar-refractivity contribution < 1.29 is 28.5 Å². The molecule has 0 saturated heterocycles. The van der Waals surface area contributed by atoms with Crippen LogP contribution in [0.1, 0.15) is 36.6 Å². The molecular weight excluding hydrogens is 696 g/mol. The first kappa shape index (κ1) is 33.0. The van der Waals surface area contributed by atoms with Gasteiger partial charge < -0.3 is 23.7 Å². The minimum atomic E-state index is -0.862. The van der Waals surface area contributed by atoms with Gasteiger partial charge in [0, 0.05) is 5.56 Å². The van der Waals surface area contributed by atoms with Crippen molar-refractivity contribution in [3.8, 4) is 23.0 Å². The van der Waals surface area contributed by atoms with Crippen LogP contribution in [0.5, 0.6) is 23.0 Å². The van der Waals surface area contributed by atoms with Crippen LogP contribution in [0.4, 0.5) is 0 Å². The summed E-state index contributed by atoms with van der Waals surface area (Å²) in [6.45, 7) is 3.98. The third-order valence-corrected chi connectivity index (χ3v) is 9.62. The van der Waals surface area contributed by atoms with E-state index >= 15 is 0 Å². The number of nitrogens with zero attached hydrogens (tertiary/aromatic N) is 2. The summed E-state index contributed by atoms with van der Waals surface area (Å²) >= 11 is 4.88. The SMILES string of the molecule is CCOC(=O)C1=C(C)N=c2sc(=Cc3cc(Br)c(OCc4cccc5ccccc45)c(OC)c3)c(=O)n2[C@@H]1c1cc(OC)ccc1OC. The monoisotopic (exact) mass is 728 g/mol. The minimum Gasteiger partial charge on any atom is -0.497 e. The van der Waals surface area contributed by atoms with Gasteiger partial charge >= 0.3 is 5.97 Å².